The lowest BCUT2D eigenvalue weighted by Crippen LogP contribution is -2.36. The molecule has 2 aromatic heterocycles. The van der Waals surface area contributed by atoms with E-state index < -0.39 is 6.43 Å². The van der Waals surface area contributed by atoms with E-state index >= 15 is 0 Å². The number of H-pyrrole nitrogens is 1. The van der Waals surface area contributed by atoms with Crippen LogP contribution in [0.4, 0.5) is 8.78 Å². The summed E-state index contributed by atoms with van der Waals surface area (Å²) in [5.74, 6) is 0.123. The Balaban J connectivity index is 1.88. The van der Waals surface area contributed by atoms with Crippen molar-refractivity contribution in [3.05, 3.63) is 46.0 Å². The lowest BCUT2D eigenvalue weighted by Gasteiger charge is -2.28. The molecule has 3 heterocycles. The number of hydrogen-bond donors (Lipinski definition) is 1. The quantitative estimate of drug-likeness (QED) is 0.918. The Morgan fingerprint density at radius 1 is 1.36 bits per heavy atom. The van der Waals surface area contributed by atoms with E-state index in [0.717, 1.165) is 11.4 Å². The van der Waals surface area contributed by atoms with E-state index in [4.69, 9.17) is 0 Å². The highest BCUT2D eigenvalue weighted by atomic mass is 19.3. The summed E-state index contributed by atoms with van der Waals surface area (Å²) in [6, 6.07) is 3.68. The first-order valence-electron chi connectivity index (χ1n) is 8.55. The number of amides is 1. The molecule has 3 rings (SSSR count). The van der Waals surface area contributed by atoms with Crippen molar-refractivity contribution in [1.82, 2.24) is 20.1 Å². The third-order valence-corrected chi connectivity index (χ3v) is 4.61. The zero-order valence-corrected chi connectivity index (χ0v) is 14.6. The van der Waals surface area contributed by atoms with Gasteiger partial charge in [0.1, 0.15) is 5.69 Å². The lowest BCUT2D eigenvalue weighted by atomic mass is 10.0. The number of halogens is 2. The number of nitrogens with zero attached hydrogens (tertiary/aromatic N) is 3. The zero-order valence-electron chi connectivity index (χ0n) is 14.6. The molecule has 1 aliphatic rings. The lowest BCUT2D eigenvalue weighted by molar-refractivity contribution is 0.0727. The molecule has 0 bridgehead atoms. The SMILES string of the molecule is CCc1nc(C(C)C)ccc1C(=O)N1CCc2[nH]nc(C(F)F)c2C1. The molecule has 0 saturated carbocycles. The molecule has 1 aliphatic heterocycles. The molecule has 0 aliphatic carbocycles. The van der Waals surface area contributed by atoms with Crippen LogP contribution in [0.3, 0.4) is 0 Å². The van der Waals surface area contributed by atoms with Gasteiger partial charge in [-0.05, 0) is 24.5 Å². The first kappa shape index (κ1) is 17.5. The van der Waals surface area contributed by atoms with Crippen molar-refractivity contribution in [3.8, 4) is 0 Å². The third-order valence-electron chi connectivity index (χ3n) is 4.61. The number of pyridine rings is 1. The molecular formula is C18H22F2N4O. The van der Waals surface area contributed by atoms with Gasteiger partial charge in [0.05, 0.1) is 11.3 Å². The fraction of sp³-hybridized carbons (Fsp3) is 0.500. The topological polar surface area (TPSA) is 61.9 Å². The van der Waals surface area contributed by atoms with Crippen molar-refractivity contribution in [2.75, 3.05) is 6.54 Å². The Hall–Kier alpha value is -2.31. The average molecular weight is 348 g/mol. The molecule has 7 heteroatoms. The number of aromatic amines is 1. The monoisotopic (exact) mass is 348 g/mol. The van der Waals surface area contributed by atoms with Gasteiger partial charge in [-0.3, -0.25) is 14.9 Å². The van der Waals surface area contributed by atoms with Gasteiger partial charge in [0, 0.05) is 36.5 Å². The van der Waals surface area contributed by atoms with Crippen LogP contribution in [0.25, 0.3) is 0 Å². The number of nitrogens with one attached hydrogen (secondary N) is 1. The van der Waals surface area contributed by atoms with E-state index in [1.165, 1.54) is 0 Å². The summed E-state index contributed by atoms with van der Waals surface area (Å²) in [6.07, 6.45) is -1.50. The van der Waals surface area contributed by atoms with Gasteiger partial charge in [0.15, 0.2) is 0 Å². The summed E-state index contributed by atoms with van der Waals surface area (Å²) < 4.78 is 26.2. The largest absolute Gasteiger partial charge is 0.334 e. The van der Waals surface area contributed by atoms with Crippen molar-refractivity contribution in [1.29, 1.82) is 0 Å². The van der Waals surface area contributed by atoms with E-state index in [2.05, 4.69) is 29.0 Å². The van der Waals surface area contributed by atoms with Gasteiger partial charge < -0.3 is 4.90 Å². The summed E-state index contributed by atoms with van der Waals surface area (Å²) in [5.41, 5.74) is 3.14. The molecule has 0 aromatic carbocycles. The van der Waals surface area contributed by atoms with Gasteiger partial charge >= 0.3 is 0 Å². The molecule has 0 atom stereocenters. The smallest absolute Gasteiger partial charge is 0.282 e. The van der Waals surface area contributed by atoms with Crippen LogP contribution in [0.1, 0.15) is 71.8 Å². The maximum Gasteiger partial charge on any atom is 0.282 e. The zero-order chi connectivity index (χ0) is 18.1. The first-order chi connectivity index (χ1) is 11.9. The van der Waals surface area contributed by atoms with E-state index in [-0.39, 0.29) is 24.1 Å². The number of aromatic nitrogens is 3. The number of carbonyl (C=O) groups excluding carboxylic acids is 1. The molecule has 1 amide bonds. The van der Waals surface area contributed by atoms with Crippen LogP contribution < -0.4 is 0 Å². The minimum Gasteiger partial charge on any atom is -0.334 e. The summed E-state index contributed by atoms with van der Waals surface area (Å²) in [7, 11) is 0. The molecule has 1 N–H and O–H groups in total. The van der Waals surface area contributed by atoms with Crippen LogP contribution in [0.5, 0.6) is 0 Å². The fourth-order valence-electron chi connectivity index (χ4n) is 3.15. The molecule has 5 nitrogen and oxygen atoms in total. The van der Waals surface area contributed by atoms with E-state index in [0.29, 0.717) is 36.2 Å². The number of hydrogen-bond acceptors (Lipinski definition) is 3. The standard InChI is InChI=1S/C18H22F2N4O/c1-4-13-11(5-6-14(21-13)10(2)3)18(25)24-8-7-15-12(9-24)16(17(19)20)23-22-15/h5-6,10,17H,4,7-9H2,1-3H3,(H,22,23). The van der Waals surface area contributed by atoms with Crippen molar-refractivity contribution in [3.63, 3.8) is 0 Å². The highest BCUT2D eigenvalue weighted by Gasteiger charge is 2.29. The normalized spacial score (nSPS) is 14.3. The second-order valence-corrected chi connectivity index (χ2v) is 6.58. The highest BCUT2D eigenvalue weighted by Crippen LogP contribution is 2.28. The predicted octanol–water partition coefficient (Wildman–Crippen LogP) is 3.63. The second kappa shape index (κ2) is 6.90. The van der Waals surface area contributed by atoms with E-state index in [1.807, 2.05) is 19.1 Å². The molecule has 0 spiro atoms. The van der Waals surface area contributed by atoms with Gasteiger partial charge in [0.2, 0.25) is 0 Å². The number of rotatable bonds is 4. The van der Waals surface area contributed by atoms with Crippen molar-refractivity contribution in [2.45, 2.75) is 52.5 Å². The van der Waals surface area contributed by atoms with E-state index in [9.17, 15) is 13.6 Å². The molecule has 0 fully saturated rings. The average Bonchev–Trinajstić information content (AvgIpc) is 3.03. The minimum absolute atomic E-state index is 0.152. The molecule has 0 saturated heterocycles. The van der Waals surface area contributed by atoms with Crippen molar-refractivity contribution in [2.24, 2.45) is 0 Å². The Labute approximate surface area is 145 Å². The summed E-state index contributed by atoms with van der Waals surface area (Å²) in [5, 5.41) is 6.37. The van der Waals surface area contributed by atoms with Gasteiger partial charge in [-0.25, -0.2) is 8.78 Å². The first-order valence-corrected chi connectivity index (χ1v) is 8.55. The van der Waals surface area contributed by atoms with Gasteiger partial charge in [0.25, 0.3) is 12.3 Å². The number of fused-ring (bicyclic) bond motifs is 1. The molecule has 0 radical (unpaired) electrons. The number of alkyl halides is 2. The van der Waals surface area contributed by atoms with Crippen LogP contribution in [0.15, 0.2) is 12.1 Å². The molecule has 134 valence electrons. The van der Waals surface area contributed by atoms with Crippen LogP contribution in [-0.4, -0.2) is 32.5 Å². The maximum absolute atomic E-state index is 13.1. The number of aryl methyl sites for hydroxylation is 1. The summed E-state index contributed by atoms with van der Waals surface area (Å²) in [4.78, 5) is 19.1. The van der Waals surface area contributed by atoms with Gasteiger partial charge in [-0.2, -0.15) is 5.10 Å². The third kappa shape index (κ3) is 3.27. The second-order valence-electron chi connectivity index (χ2n) is 6.58. The van der Waals surface area contributed by atoms with Crippen LogP contribution in [0, 0.1) is 0 Å². The Kier molecular flexibility index (Phi) is 4.83. The predicted molar refractivity (Wildman–Crippen MR) is 89.7 cm³/mol. The van der Waals surface area contributed by atoms with Gasteiger partial charge in [-0.1, -0.05) is 20.8 Å². The van der Waals surface area contributed by atoms with Gasteiger partial charge in [-0.15, -0.1) is 0 Å². The van der Waals surface area contributed by atoms with Crippen LogP contribution in [-0.2, 0) is 19.4 Å². The molecule has 25 heavy (non-hydrogen) atoms. The molecular weight excluding hydrogens is 326 g/mol. The molecule has 0 unspecified atom stereocenters. The maximum atomic E-state index is 13.1. The van der Waals surface area contributed by atoms with Crippen molar-refractivity contribution >= 4 is 5.91 Å². The summed E-state index contributed by atoms with van der Waals surface area (Å²) in [6.45, 7) is 6.70. The Bertz CT molecular complexity index is 785. The summed E-state index contributed by atoms with van der Waals surface area (Å²) >= 11 is 0. The van der Waals surface area contributed by atoms with E-state index in [1.54, 1.807) is 4.90 Å². The minimum atomic E-state index is -2.65. The Morgan fingerprint density at radius 2 is 2.12 bits per heavy atom. The fourth-order valence-corrected chi connectivity index (χ4v) is 3.15. The Morgan fingerprint density at radius 3 is 2.76 bits per heavy atom. The molecule has 2 aromatic rings. The van der Waals surface area contributed by atoms with Crippen molar-refractivity contribution < 1.29 is 13.6 Å². The van der Waals surface area contributed by atoms with Crippen LogP contribution in [0.2, 0.25) is 0 Å². The highest BCUT2D eigenvalue weighted by molar-refractivity contribution is 5.95. The van der Waals surface area contributed by atoms with Crippen LogP contribution >= 0.6 is 0 Å². The number of carbonyl (C=O) groups is 1.